The quantitative estimate of drug-likeness (QED) is 0.727. The van der Waals surface area contributed by atoms with Crippen LogP contribution in [0.25, 0.3) is 0 Å². The van der Waals surface area contributed by atoms with E-state index in [0.717, 1.165) is 0 Å². The van der Waals surface area contributed by atoms with E-state index in [1.54, 1.807) is 6.92 Å². The van der Waals surface area contributed by atoms with Crippen molar-refractivity contribution >= 4 is 11.9 Å². The Bertz CT molecular complexity index is 328. The molecule has 1 amide bonds. The van der Waals surface area contributed by atoms with Gasteiger partial charge in [-0.15, -0.1) is 0 Å². The molecule has 1 aliphatic heterocycles. The van der Waals surface area contributed by atoms with Crippen molar-refractivity contribution in [3.63, 3.8) is 0 Å². The van der Waals surface area contributed by atoms with Crippen LogP contribution in [0.5, 0.6) is 0 Å². The number of likely N-dealkylation sites (tertiary alicyclic amines) is 1. The molecule has 0 aliphatic carbocycles. The maximum absolute atomic E-state index is 12.4. The Balaban J connectivity index is 2.92. The second-order valence-corrected chi connectivity index (χ2v) is 5.02. The molecule has 3 N–H and O–H groups in total. The highest BCUT2D eigenvalue weighted by Crippen LogP contribution is 2.29. The van der Waals surface area contributed by atoms with Crippen LogP contribution in [-0.2, 0) is 14.3 Å². The number of carbonyl (C=O) groups is 2. The van der Waals surface area contributed by atoms with E-state index in [-0.39, 0.29) is 18.6 Å². The van der Waals surface area contributed by atoms with Gasteiger partial charge in [-0.1, -0.05) is 6.92 Å². The molecule has 1 heterocycles. The lowest BCUT2D eigenvalue weighted by Gasteiger charge is -2.32. The van der Waals surface area contributed by atoms with Gasteiger partial charge in [0.2, 0.25) is 5.91 Å². The number of nitrogens with zero attached hydrogens (tertiary/aromatic N) is 1. The van der Waals surface area contributed by atoms with Gasteiger partial charge >= 0.3 is 5.97 Å². The molecule has 3 atom stereocenters. The summed E-state index contributed by atoms with van der Waals surface area (Å²) in [5.74, 6) is -1.18. The van der Waals surface area contributed by atoms with Crippen molar-refractivity contribution in [2.75, 3.05) is 20.2 Å². The number of hydrogen-bond donors (Lipinski definition) is 2. The monoisotopic (exact) mass is 258 g/mol. The second-order valence-electron chi connectivity index (χ2n) is 5.02. The van der Waals surface area contributed by atoms with Gasteiger partial charge in [0, 0.05) is 26.6 Å². The summed E-state index contributed by atoms with van der Waals surface area (Å²) >= 11 is 0. The van der Waals surface area contributed by atoms with Crippen molar-refractivity contribution in [1.82, 2.24) is 4.90 Å². The van der Waals surface area contributed by atoms with E-state index in [9.17, 15) is 14.7 Å². The van der Waals surface area contributed by atoms with Crippen molar-refractivity contribution in [2.24, 2.45) is 11.1 Å². The molecule has 6 nitrogen and oxygen atoms in total. The lowest BCUT2D eigenvalue weighted by Crippen LogP contribution is -2.50. The third-order valence-corrected chi connectivity index (χ3v) is 3.89. The summed E-state index contributed by atoms with van der Waals surface area (Å²) in [6.07, 6.45) is 0.707. The third kappa shape index (κ3) is 2.64. The number of ether oxygens (including phenoxy) is 1. The van der Waals surface area contributed by atoms with Crippen LogP contribution < -0.4 is 5.73 Å². The van der Waals surface area contributed by atoms with Gasteiger partial charge in [0.15, 0.2) is 0 Å². The van der Waals surface area contributed by atoms with Crippen LogP contribution in [0.15, 0.2) is 0 Å². The van der Waals surface area contributed by atoms with Crippen LogP contribution in [0.3, 0.4) is 0 Å². The minimum atomic E-state index is -0.988. The summed E-state index contributed by atoms with van der Waals surface area (Å²) in [4.78, 5) is 25.0. The number of methoxy groups -OCH3 is 1. The van der Waals surface area contributed by atoms with Crippen LogP contribution in [-0.4, -0.2) is 54.2 Å². The van der Waals surface area contributed by atoms with Gasteiger partial charge in [-0.3, -0.25) is 4.79 Å². The Hall–Kier alpha value is -1.14. The Labute approximate surface area is 107 Å². The zero-order chi connectivity index (χ0) is 13.9. The fraction of sp³-hybridized carbons (Fsp3) is 0.833. The van der Waals surface area contributed by atoms with E-state index in [4.69, 9.17) is 10.5 Å². The summed E-state index contributed by atoms with van der Waals surface area (Å²) in [7, 11) is 1.53. The molecule has 0 spiro atoms. The SMILES string of the molecule is CCC(C)(CN)C(=O)N1CC(OC)CC1C(=O)O. The number of rotatable bonds is 5. The topological polar surface area (TPSA) is 92.9 Å². The van der Waals surface area contributed by atoms with Crippen LogP contribution in [0, 0.1) is 5.41 Å². The highest BCUT2D eigenvalue weighted by molar-refractivity contribution is 5.88. The highest BCUT2D eigenvalue weighted by atomic mass is 16.5. The maximum atomic E-state index is 12.4. The first-order chi connectivity index (χ1) is 8.39. The van der Waals surface area contributed by atoms with E-state index in [1.165, 1.54) is 12.0 Å². The molecular weight excluding hydrogens is 236 g/mol. The van der Waals surface area contributed by atoms with E-state index in [2.05, 4.69) is 0 Å². The molecule has 1 fully saturated rings. The third-order valence-electron chi connectivity index (χ3n) is 3.89. The van der Waals surface area contributed by atoms with Crippen molar-refractivity contribution < 1.29 is 19.4 Å². The van der Waals surface area contributed by atoms with Crippen LogP contribution in [0.1, 0.15) is 26.7 Å². The van der Waals surface area contributed by atoms with Gasteiger partial charge in [-0.25, -0.2) is 4.79 Å². The van der Waals surface area contributed by atoms with Gasteiger partial charge in [0.1, 0.15) is 6.04 Å². The summed E-state index contributed by atoms with van der Waals surface area (Å²) < 4.78 is 5.16. The van der Waals surface area contributed by atoms with E-state index >= 15 is 0 Å². The Morgan fingerprint density at radius 1 is 1.56 bits per heavy atom. The van der Waals surface area contributed by atoms with Gasteiger partial charge in [-0.05, 0) is 13.3 Å². The number of carboxylic acid groups (broad SMARTS) is 1. The predicted octanol–water partition coefficient (Wildman–Crippen LogP) is 0.0619. The largest absolute Gasteiger partial charge is 0.480 e. The molecule has 0 radical (unpaired) electrons. The highest BCUT2D eigenvalue weighted by Gasteiger charge is 2.44. The molecule has 3 unspecified atom stereocenters. The number of nitrogens with two attached hydrogens (primary N) is 1. The number of hydrogen-bond acceptors (Lipinski definition) is 4. The van der Waals surface area contributed by atoms with Crippen molar-refractivity contribution in [1.29, 1.82) is 0 Å². The van der Waals surface area contributed by atoms with E-state index < -0.39 is 17.4 Å². The first-order valence-corrected chi connectivity index (χ1v) is 6.16. The van der Waals surface area contributed by atoms with Gasteiger partial charge in [0.05, 0.1) is 11.5 Å². The molecule has 104 valence electrons. The average molecular weight is 258 g/mol. The molecular formula is C12H22N2O4. The summed E-state index contributed by atoms with van der Waals surface area (Å²) in [5.41, 5.74) is 4.95. The number of aliphatic carboxylic acids is 1. The average Bonchev–Trinajstić information content (AvgIpc) is 2.81. The predicted molar refractivity (Wildman–Crippen MR) is 66.0 cm³/mol. The van der Waals surface area contributed by atoms with Crippen LogP contribution in [0.2, 0.25) is 0 Å². The molecule has 0 aromatic heterocycles. The second kappa shape index (κ2) is 5.67. The Morgan fingerprint density at radius 2 is 2.17 bits per heavy atom. The molecule has 0 bridgehead atoms. The zero-order valence-corrected chi connectivity index (χ0v) is 11.2. The summed E-state index contributed by atoms with van der Waals surface area (Å²) in [6, 6.07) is -0.806. The lowest BCUT2D eigenvalue weighted by atomic mass is 9.86. The van der Waals surface area contributed by atoms with Crippen molar-refractivity contribution in [2.45, 2.75) is 38.8 Å². The van der Waals surface area contributed by atoms with E-state index in [1.807, 2.05) is 6.92 Å². The molecule has 0 aromatic carbocycles. The smallest absolute Gasteiger partial charge is 0.326 e. The molecule has 0 saturated carbocycles. The number of carboxylic acids is 1. The minimum Gasteiger partial charge on any atom is -0.480 e. The zero-order valence-electron chi connectivity index (χ0n) is 11.2. The molecule has 6 heteroatoms. The Kier molecular flexibility index (Phi) is 4.70. The normalized spacial score (nSPS) is 27.0. The fourth-order valence-electron chi connectivity index (χ4n) is 2.16. The molecule has 1 saturated heterocycles. The molecule has 1 rings (SSSR count). The Morgan fingerprint density at radius 3 is 2.56 bits per heavy atom. The van der Waals surface area contributed by atoms with Gasteiger partial charge in [-0.2, -0.15) is 0 Å². The molecule has 1 aliphatic rings. The van der Waals surface area contributed by atoms with Crippen molar-refractivity contribution in [3.05, 3.63) is 0 Å². The fourth-order valence-corrected chi connectivity index (χ4v) is 2.16. The minimum absolute atomic E-state index is 0.195. The lowest BCUT2D eigenvalue weighted by molar-refractivity contribution is -0.152. The van der Waals surface area contributed by atoms with Crippen LogP contribution in [0.4, 0.5) is 0 Å². The number of amides is 1. The van der Waals surface area contributed by atoms with E-state index in [0.29, 0.717) is 19.4 Å². The molecule has 18 heavy (non-hydrogen) atoms. The van der Waals surface area contributed by atoms with Crippen LogP contribution >= 0.6 is 0 Å². The standard InChI is InChI=1S/C12H22N2O4/c1-4-12(2,7-13)11(17)14-6-8(18-3)5-9(14)10(15)16/h8-9H,4-7,13H2,1-3H3,(H,15,16). The van der Waals surface area contributed by atoms with Gasteiger partial charge in [0.25, 0.3) is 0 Å². The first kappa shape index (κ1) is 14.9. The molecule has 0 aromatic rings. The van der Waals surface area contributed by atoms with Gasteiger partial charge < -0.3 is 20.5 Å². The maximum Gasteiger partial charge on any atom is 0.326 e. The van der Waals surface area contributed by atoms with Crippen molar-refractivity contribution in [3.8, 4) is 0 Å². The summed E-state index contributed by atoms with van der Waals surface area (Å²) in [5, 5.41) is 9.18. The first-order valence-electron chi connectivity index (χ1n) is 6.16. The number of carbonyl (C=O) groups excluding carboxylic acids is 1. The summed E-state index contributed by atoms with van der Waals surface area (Å²) in [6.45, 7) is 4.18.